The van der Waals surface area contributed by atoms with Crippen molar-refractivity contribution in [3.05, 3.63) is 89.7 Å². The summed E-state index contributed by atoms with van der Waals surface area (Å²) in [6, 6.07) is 16.3. The van der Waals surface area contributed by atoms with E-state index in [0.29, 0.717) is 30.0 Å². The van der Waals surface area contributed by atoms with Gasteiger partial charge in [0, 0.05) is 30.9 Å². The molecule has 1 heterocycles. The first kappa shape index (κ1) is 34.0. The zero-order chi connectivity index (χ0) is 31.6. The molecule has 2 N–H and O–H groups in total. The molecule has 7 nitrogen and oxygen atoms in total. The Kier molecular flexibility index (Phi) is 12.1. The highest BCUT2D eigenvalue weighted by Crippen LogP contribution is 2.25. The minimum Gasteiger partial charge on any atom is -0.328 e. The summed E-state index contributed by atoms with van der Waals surface area (Å²) in [6.07, 6.45) is 7.31. The summed E-state index contributed by atoms with van der Waals surface area (Å²) in [6.45, 7) is 12.7. The Balaban J connectivity index is 1.62. The lowest BCUT2D eigenvalue weighted by Crippen LogP contribution is -2.44. The molecule has 3 aromatic rings. The normalized spacial score (nSPS) is 13.4. The Hall–Kier alpha value is -3.52. The number of amides is 2. The third-order valence-corrected chi connectivity index (χ3v) is 9.24. The summed E-state index contributed by atoms with van der Waals surface area (Å²) in [7, 11) is -3.53. The third-order valence-electron chi connectivity index (χ3n) is 7.53. The van der Waals surface area contributed by atoms with E-state index in [4.69, 9.17) is 0 Å². The van der Waals surface area contributed by atoms with Gasteiger partial charge < -0.3 is 10.6 Å². The Morgan fingerprint density at radius 3 is 2.14 bits per heavy atom. The predicted molar refractivity (Wildman–Crippen MR) is 174 cm³/mol. The Morgan fingerprint density at radius 1 is 0.884 bits per heavy atom. The predicted octanol–water partition coefficient (Wildman–Crippen LogP) is 7.51. The molecular weight excluding hydrogens is 558 g/mol. The Morgan fingerprint density at radius 2 is 1.56 bits per heavy atom. The fourth-order valence-electron chi connectivity index (χ4n) is 4.94. The highest BCUT2D eigenvalue weighted by Gasteiger charge is 2.23. The van der Waals surface area contributed by atoms with Crippen LogP contribution in [0.1, 0.15) is 83.9 Å². The van der Waals surface area contributed by atoms with E-state index in [2.05, 4.69) is 57.2 Å². The number of Topliss-reactive ketones (excluding diaryl/α,β-unsaturated/α-hetero) is 1. The zero-order valence-electron chi connectivity index (χ0n) is 26.4. The molecule has 232 valence electrons. The number of ketones is 1. The van der Waals surface area contributed by atoms with Crippen molar-refractivity contribution < 1.29 is 18.0 Å². The van der Waals surface area contributed by atoms with Crippen LogP contribution in [0, 0.1) is 11.8 Å². The van der Waals surface area contributed by atoms with Crippen molar-refractivity contribution in [3.8, 4) is 0 Å². The van der Waals surface area contributed by atoms with Gasteiger partial charge in [-0.2, -0.15) is 0 Å². The van der Waals surface area contributed by atoms with Gasteiger partial charge >= 0.3 is 6.03 Å². The van der Waals surface area contributed by atoms with Gasteiger partial charge in [0.25, 0.3) is 0 Å². The van der Waals surface area contributed by atoms with Crippen LogP contribution in [0.5, 0.6) is 0 Å². The summed E-state index contributed by atoms with van der Waals surface area (Å²) in [4.78, 5) is 30.7. The molecule has 0 spiro atoms. The number of nitrogens with one attached hydrogen (secondary N) is 2. The zero-order valence-corrected chi connectivity index (χ0v) is 27.2. The average molecular weight is 606 g/mol. The lowest BCUT2D eigenvalue weighted by Gasteiger charge is -2.20. The number of anilines is 1. The van der Waals surface area contributed by atoms with E-state index in [1.807, 2.05) is 24.3 Å². The van der Waals surface area contributed by atoms with Gasteiger partial charge in [-0.25, -0.2) is 13.2 Å². The van der Waals surface area contributed by atoms with Crippen LogP contribution in [0.15, 0.2) is 78.0 Å². The fourth-order valence-corrected chi connectivity index (χ4v) is 6.29. The molecule has 1 unspecified atom stereocenters. The number of urea groups is 1. The van der Waals surface area contributed by atoms with Crippen LogP contribution < -0.4 is 10.6 Å². The largest absolute Gasteiger partial charge is 0.328 e. The minimum absolute atomic E-state index is 0.00728. The van der Waals surface area contributed by atoms with Crippen molar-refractivity contribution in [3.63, 3.8) is 0 Å². The van der Waals surface area contributed by atoms with Crippen LogP contribution in [0.3, 0.4) is 0 Å². The van der Waals surface area contributed by atoms with Gasteiger partial charge in [-0.15, -0.1) is 0 Å². The van der Waals surface area contributed by atoms with E-state index >= 15 is 0 Å². The van der Waals surface area contributed by atoms with Crippen molar-refractivity contribution in [2.45, 2.75) is 95.8 Å². The van der Waals surface area contributed by atoms with E-state index in [9.17, 15) is 18.0 Å². The Bertz CT molecular complexity index is 1430. The molecule has 0 bridgehead atoms. The van der Waals surface area contributed by atoms with Crippen molar-refractivity contribution in [1.82, 2.24) is 10.3 Å². The fraction of sp³-hybridized carbons (Fsp3) is 0.457. The number of pyridine rings is 1. The standard InChI is InChI=1S/C35H47N3O4S/c1-25(2)9-7-10-26(3)21-33(39)32(22-28-11-8-20-36-23-28)38-34(40)37-30-16-12-27(13-17-30)24-43(41,42)31-18-14-29(15-19-31)35(4,5)6/h8,11-20,23,25-26,32H,7,9-10,21-22,24H2,1-6H3,(H2,37,38,40)/t26?,32-/m1/s1. The Labute approximate surface area is 257 Å². The van der Waals surface area contributed by atoms with Gasteiger partial charge in [-0.3, -0.25) is 9.78 Å². The highest BCUT2D eigenvalue weighted by atomic mass is 32.2. The van der Waals surface area contributed by atoms with Gasteiger partial charge in [-0.05, 0) is 64.3 Å². The van der Waals surface area contributed by atoms with E-state index in [1.54, 1.807) is 48.8 Å². The van der Waals surface area contributed by atoms with Crippen molar-refractivity contribution in [1.29, 1.82) is 0 Å². The SMILES string of the molecule is CC(C)CCCC(C)CC(=O)[C@@H](Cc1cccnc1)NC(=O)Nc1ccc(CS(=O)(=O)c2ccc(C(C)(C)C)cc2)cc1. The molecule has 0 aliphatic heterocycles. The molecule has 0 radical (unpaired) electrons. The highest BCUT2D eigenvalue weighted by molar-refractivity contribution is 7.90. The number of benzene rings is 2. The molecule has 3 rings (SSSR count). The second kappa shape index (κ2) is 15.3. The van der Waals surface area contributed by atoms with Crippen LogP contribution in [0.4, 0.5) is 10.5 Å². The first-order valence-electron chi connectivity index (χ1n) is 15.1. The van der Waals surface area contributed by atoms with Crippen LogP contribution >= 0.6 is 0 Å². The maximum atomic E-state index is 13.3. The number of hydrogen-bond donors (Lipinski definition) is 2. The van der Waals surface area contributed by atoms with Crippen molar-refractivity contribution in [2.75, 3.05) is 5.32 Å². The molecule has 0 aliphatic rings. The third kappa shape index (κ3) is 11.2. The topological polar surface area (TPSA) is 105 Å². The van der Waals surface area contributed by atoms with Crippen molar-refractivity contribution >= 4 is 27.3 Å². The van der Waals surface area contributed by atoms with Gasteiger partial charge in [0.05, 0.1) is 16.7 Å². The quantitative estimate of drug-likeness (QED) is 0.198. The summed E-state index contributed by atoms with van der Waals surface area (Å²) < 4.78 is 26.0. The van der Waals surface area contributed by atoms with Crippen LogP contribution in [0.25, 0.3) is 0 Å². The number of carbonyl (C=O) groups excluding carboxylic acids is 2. The van der Waals surface area contributed by atoms with E-state index < -0.39 is 21.9 Å². The summed E-state index contributed by atoms with van der Waals surface area (Å²) in [5.41, 5.74) is 2.99. The molecule has 1 aromatic heterocycles. The first-order valence-corrected chi connectivity index (χ1v) is 16.8. The summed E-state index contributed by atoms with van der Waals surface area (Å²) in [5, 5.41) is 5.65. The number of aromatic nitrogens is 1. The van der Waals surface area contributed by atoms with E-state index in [-0.39, 0.29) is 27.8 Å². The molecule has 2 atom stereocenters. The summed E-state index contributed by atoms with van der Waals surface area (Å²) >= 11 is 0. The van der Waals surface area contributed by atoms with Gasteiger partial charge in [0.15, 0.2) is 15.6 Å². The number of hydrogen-bond acceptors (Lipinski definition) is 5. The smallest absolute Gasteiger partial charge is 0.319 e. The molecule has 43 heavy (non-hydrogen) atoms. The molecule has 0 fully saturated rings. The molecule has 0 saturated carbocycles. The monoisotopic (exact) mass is 605 g/mol. The molecule has 2 amide bonds. The van der Waals surface area contributed by atoms with Crippen LogP contribution in [-0.2, 0) is 32.2 Å². The maximum Gasteiger partial charge on any atom is 0.319 e. The molecular formula is C35H47N3O4S. The van der Waals surface area contributed by atoms with Crippen molar-refractivity contribution in [2.24, 2.45) is 11.8 Å². The molecule has 8 heteroatoms. The van der Waals surface area contributed by atoms with Gasteiger partial charge in [0.1, 0.15) is 0 Å². The van der Waals surface area contributed by atoms with Crippen LogP contribution in [0.2, 0.25) is 0 Å². The molecule has 0 aliphatic carbocycles. The van der Waals surface area contributed by atoms with Crippen LogP contribution in [-0.4, -0.2) is 31.3 Å². The lowest BCUT2D eigenvalue weighted by atomic mass is 9.87. The second-order valence-electron chi connectivity index (χ2n) is 13.0. The molecule has 0 saturated heterocycles. The average Bonchev–Trinajstić information content (AvgIpc) is 2.93. The van der Waals surface area contributed by atoms with Gasteiger partial charge in [-0.1, -0.05) is 91.1 Å². The maximum absolute atomic E-state index is 13.3. The van der Waals surface area contributed by atoms with Gasteiger partial charge in [0.2, 0.25) is 0 Å². The first-order chi connectivity index (χ1) is 20.2. The molecule has 2 aromatic carbocycles. The summed E-state index contributed by atoms with van der Waals surface area (Å²) in [5.74, 6) is 0.710. The van der Waals surface area contributed by atoms with E-state index in [0.717, 1.165) is 30.4 Å². The number of sulfone groups is 1. The number of carbonyl (C=O) groups is 2. The number of nitrogens with zero attached hydrogens (tertiary/aromatic N) is 1. The second-order valence-corrected chi connectivity index (χ2v) is 15.0. The number of rotatable bonds is 14. The van der Waals surface area contributed by atoms with E-state index in [1.165, 1.54) is 0 Å². The lowest BCUT2D eigenvalue weighted by molar-refractivity contribution is -0.121. The minimum atomic E-state index is -3.53.